The number of amides is 2. The number of aryl methyl sites for hydroxylation is 1. The first-order valence-electron chi connectivity index (χ1n) is 15.7. The Morgan fingerprint density at radius 2 is 1.87 bits per heavy atom. The third-order valence-electron chi connectivity index (χ3n) is 7.66. The Labute approximate surface area is 273 Å². The summed E-state index contributed by atoms with van der Waals surface area (Å²) in [5.41, 5.74) is 13.8. The fraction of sp³-hybridized carbons (Fsp3) is 0.429. The van der Waals surface area contributed by atoms with Crippen LogP contribution >= 0.6 is 11.8 Å². The number of carbonyl (C=O) groups excluding carboxylic acids is 2. The molecule has 4 aromatic rings. The van der Waals surface area contributed by atoms with E-state index in [1.807, 2.05) is 18.2 Å². The Morgan fingerprint density at radius 1 is 1.11 bits per heavy atom. The van der Waals surface area contributed by atoms with Crippen molar-refractivity contribution in [2.45, 2.75) is 70.0 Å². The van der Waals surface area contributed by atoms with Crippen LogP contribution in [0.5, 0.6) is 0 Å². The van der Waals surface area contributed by atoms with Crippen LogP contribution in [0.1, 0.15) is 62.8 Å². The Hall–Kier alpha value is -4.11. The number of benzene rings is 2. The van der Waals surface area contributed by atoms with E-state index in [4.69, 9.17) is 11.5 Å². The number of unbranched alkanes of at least 4 members (excludes halogenated alkanes) is 1. The van der Waals surface area contributed by atoms with Gasteiger partial charge in [-0.1, -0.05) is 56.0 Å². The number of rotatable bonds is 15. The number of carbonyl (C=O) groups is 2. The van der Waals surface area contributed by atoms with Crippen molar-refractivity contribution in [2.75, 3.05) is 18.9 Å². The third-order valence-corrected chi connectivity index (χ3v) is 8.86. The van der Waals surface area contributed by atoms with Crippen molar-refractivity contribution in [3.05, 3.63) is 69.8 Å². The highest BCUT2D eigenvalue weighted by Gasteiger charge is 2.20. The molecule has 46 heavy (non-hydrogen) atoms. The molecule has 0 saturated heterocycles. The summed E-state index contributed by atoms with van der Waals surface area (Å²) in [5, 5.41) is 21.5. The Bertz CT molecular complexity index is 1820. The van der Waals surface area contributed by atoms with E-state index >= 15 is 0 Å². The fourth-order valence-corrected chi connectivity index (χ4v) is 6.44. The van der Waals surface area contributed by atoms with Crippen molar-refractivity contribution >= 4 is 45.1 Å². The monoisotopic (exact) mass is 644 g/mol. The molecular formula is C35H44N6O4S. The molecule has 2 amide bonds. The minimum atomic E-state index is -0.757. The van der Waals surface area contributed by atoms with Crippen molar-refractivity contribution in [1.82, 2.24) is 19.7 Å². The van der Waals surface area contributed by atoms with Crippen LogP contribution in [-0.4, -0.2) is 56.2 Å². The van der Waals surface area contributed by atoms with Gasteiger partial charge >= 0.3 is 0 Å². The number of nitrogens with one attached hydrogen (secondary N) is 1. The molecule has 11 heteroatoms. The van der Waals surface area contributed by atoms with Gasteiger partial charge in [0.15, 0.2) is 0 Å². The summed E-state index contributed by atoms with van der Waals surface area (Å²) >= 11 is 1.60. The molecule has 0 fully saturated rings. The van der Waals surface area contributed by atoms with Crippen LogP contribution in [0.15, 0.2) is 52.4 Å². The maximum Gasteiger partial charge on any atom is 0.277 e. The Morgan fingerprint density at radius 3 is 2.59 bits per heavy atom. The van der Waals surface area contributed by atoms with E-state index < -0.39 is 11.9 Å². The zero-order valence-corrected chi connectivity index (χ0v) is 27.7. The van der Waals surface area contributed by atoms with E-state index in [9.17, 15) is 19.5 Å². The molecule has 0 aliphatic heterocycles. The van der Waals surface area contributed by atoms with Crippen molar-refractivity contribution in [1.29, 1.82) is 0 Å². The minimum absolute atomic E-state index is 0.0798. The summed E-state index contributed by atoms with van der Waals surface area (Å²) in [6.07, 6.45) is 5.03. The number of aliphatic hydroxyl groups excluding tert-OH is 1. The first-order chi connectivity index (χ1) is 22.1. The molecule has 0 aliphatic carbocycles. The van der Waals surface area contributed by atoms with Crippen LogP contribution in [0.4, 0.5) is 0 Å². The van der Waals surface area contributed by atoms with Gasteiger partial charge in [-0.05, 0) is 54.0 Å². The number of aromatic nitrogens is 3. The van der Waals surface area contributed by atoms with Crippen molar-refractivity contribution in [3.63, 3.8) is 0 Å². The molecule has 6 N–H and O–H groups in total. The predicted octanol–water partition coefficient (Wildman–Crippen LogP) is 3.45. The number of aliphatic hydroxyl groups is 1. The highest BCUT2D eigenvalue weighted by atomic mass is 32.2. The topological polar surface area (TPSA) is 158 Å². The van der Waals surface area contributed by atoms with E-state index in [0.717, 1.165) is 44.4 Å². The maximum atomic E-state index is 13.4. The summed E-state index contributed by atoms with van der Waals surface area (Å²) in [7, 11) is 1.71. The first kappa shape index (κ1) is 34.8. The quantitative estimate of drug-likeness (QED) is 0.0877. The first-order valence-corrected chi connectivity index (χ1v) is 16.7. The van der Waals surface area contributed by atoms with Crippen LogP contribution in [0, 0.1) is 17.8 Å². The fourth-order valence-electron chi connectivity index (χ4n) is 5.35. The van der Waals surface area contributed by atoms with Gasteiger partial charge in [-0.3, -0.25) is 14.4 Å². The molecule has 2 heterocycles. The summed E-state index contributed by atoms with van der Waals surface area (Å²) in [5.74, 6) is 6.84. The molecule has 0 unspecified atom stereocenters. The molecule has 0 spiro atoms. The number of hydrogen-bond donors (Lipinski definition) is 4. The molecule has 4 rings (SSSR count). The minimum Gasteiger partial charge on any atom is -0.396 e. The summed E-state index contributed by atoms with van der Waals surface area (Å²) in [6, 6.07) is 11.6. The van der Waals surface area contributed by atoms with Gasteiger partial charge in [0, 0.05) is 62.5 Å². The second-order valence-electron chi connectivity index (χ2n) is 11.9. The van der Waals surface area contributed by atoms with E-state index in [-0.39, 0.29) is 30.9 Å². The zero-order chi connectivity index (χ0) is 33.2. The maximum absolute atomic E-state index is 13.4. The van der Waals surface area contributed by atoms with E-state index in [2.05, 4.69) is 65.1 Å². The lowest BCUT2D eigenvalue weighted by molar-refractivity contribution is -0.122. The number of primary amides is 1. The van der Waals surface area contributed by atoms with Crippen molar-refractivity contribution in [2.24, 2.45) is 24.4 Å². The third kappa shape index (κ3) is 8.78. The van der Waals surface area contributed by atoms with Crippen LogP contribution in [0.3, 0.4) is 0 Å². The second-order valence-corrected chi connectivity index (χ2v) is 13.0. The van der Waals surface area contributed by atoms with Gasteiger partial charge in [-0.2, -0.15) is 5.10 Å². The Balaban J connectivity index is 1.56. The largest absolute Gasteiger partial charge is 0.396 e. The number of hydrogen-bond acceptors (Lipinski definition) is 7. The van der Waals surface area contributed by atoms with Gasteiger partial charge < -0.3 is 26.5 Å². The number of nitrogens with zero attached hydrogens (tertiary/aromatic N) is 3. The molecule has 2 aromatic heterocycles. The van der Waals surface area contributed by atoms with Crippen molar-refractivity contribution in [3.8, 4) is 11.8 Å². The normalized spacial score (nSPS) is 12.0. The standard InChI is InChI=1S/C35H44N6O4S/c1-23(2)20-30-28-22-41(35(46-19-9-18-42)32(28)34(45)40(3)39-30)21-25-14-13-24(26-11-6-7-12-27(25)26)10-5-4-8-17-38-33(44)29(36)15-16-31(37)43/h6-7,11-14,22-23,29,42H,4,8-9,15-21,36H2,1-3H3,(H2,37,43)(H,38,44)/t29-/m1/s1. The highest BCUT2D eigenvalue weighted by Crippen LogP contribution is 2.32. The van der Waals surface area contributed by atoms with E-state index in [1.54, 1.807) is 18.8 Å². The van der Waals surface area contributed by atoms with Gasteiger partial charge in [0.25, 0.3) is 5.56 Å². The molecule has 0 radical (unpaired) electrons. The zero-order valence-electron chi connectivity index (χ0n) is 26.8. The lowest BCUT2D eigenvalue weighted by Crippen LogP contribution is -2.41. The molecular weight excluding hydrogens is 600 g/mol. The molecule has 1 atom stereocenters. The molecule has 10 nitrogen and oxygen atoms in total. The smallest absolute Gasteiger partial charge is 0.277 e. The van der Waals surface area contributed by atoms with Gasteiger partial charge in [-0.15, -0.1) is 11.8 Å². The van der Waals surface area contributed by atoms with Crippen molar-refractivity contribution < 1.29 is 14.7 Å². The summed E-state index contributed by atoms with van der Waals surface area (Å²) < 4.78 is 3.60. The SMILES string of the molecule is CC(C)Cc1nn(C)c(=O)c2c(SCCCO)n(Cc3ccc(C#CCCCNC(=O)[C@H](N)CCC(N)=O)c4ccccc34)cc12. The van der Waals surface area contributed by atoms with Crippen LogP contribution in [0.2, 0.25) is 0 Å². The molecule has 2 aromatic carbocycles. The number of fused-ring (bicyclic) bond motifs is 2. The highest BCUT2D eigenvalue weighted by molar-refractivity contribution is 7.99. The molecule has 244 valence electrons. The lowest BCUT2D eigenvalue weighted by atomic mass is 9.99. The number of nitrogens with two attached hydrogens (primary N) is 2. The average molecular weight is 645 g/mol. The van der Waals surface area contributed by atoms with Crippen LogP contribution in [0.25, 0.3) is 21.5 Å². The van der Waals surface area contributed by atoms with Crippen LogP contribution in [-0.2, 0) is 29.6 Å². The van der Waals surface area contributed by atoms with Gasteiger partial charge in [-0.25, -0.2) is 4.68 Å². The molecule has 0 saturated carbocycles. The summed E-state index contributed by atoms with van der Waals surface area (Å²) in [4.78, 5) is 36.4. The number of thioether (sulfide) groups is 1. The van der Waals surface area contributed by atoms with E-state index in [0.29, 0.717) is 49.4 Å². The molecule has 0 bridgehead atoms. The Kier molecular flexibility index (Phi) is 12.4. The van der Waals surface area contributed by atoms with Gasteiger partial charge in [0.1, 0.15) is 0 Å². The van der Waals surface area contributed by atoms with Gasteiger partial charge in [0.2, 0.25) is 11.8 Å². The van der Waals surface area contributed by atoms with Crippen LogP contribution < -0.4 is 22.3 Å². The predicted molar refractivity (Wildman–Crippen MR) is 185 cm³/mol. The van der Waals surface area contributed by atoms with Gasteiger partial charge in [0.05, 0.1) is 22.1 Å². The lowest BCUT2D eigenvalue weighted by Gasteiger charge is -2.13. The average Bonchev–Trinajstić information content (AvgIpc) is 3.39. The second kappa shape index (κ2) is 16.5. The van der Waals surface area contributed by atoms with E-state index in [1.165, 1.54) is 4.68 Å². The molecule has 0 aliphatic rings. The summed E-state index contributed by atoms with van der Waals surface area (Å²) in [6.45, 7) is 5.40.